The van der Waals surface area contributed by atoms with E-state index < -0.39 is 22.7 Å². The molecule has 0 saturated carbocycles. The van der Waals surface area contributed by atoms with Crippen LogP contribution < -0.4 is 4.74 Å². The molecule has 0 radical (unpaired) electrons. The van der Waals surface area contributed by atoms with Gasteiger partial charge in [0.15, 0.2) is 20.5 Å². The number of halogens is 1. The molecular formula is C33H24FO5S2+. The Bertz CT molecular complexity index is 1640. The van der Waals surface area contributed by atoms with E-state index >= 15 is 4.39 Å². The number of esters is 1. The van der Waals surface area contributed by atoms with Crippen molar-refractivity contribution in [2.24, 2.45) is 0 Å². The van der Waals surface area contributed by atoms with Gasteiger partial charge in [0.1, 0.15) is 23.1 Å². The van der Waals surface area contributed by atoms with Crippen LogP contribution in [0.2, 0.25) is 0 Å². The SMILES string of the molecule is CC(=O)Oc1ccc(C(=O)c2ccc(Sc3ccc([S+](c4ccc(O)cc4)c4ccc(O)cc4)cc3)c(F)c2)cc1. The molecule has 0 heterocycles. The maximum absolute atomic E-state index is 15.1. The molecule has 204 valence electrons. The quantitative estimate of drug-likeness (QED) is 0.0845. The largest absolute Gasteiger partial charge is 0.508 e. The first-order chi connectivity index (χ1) is 19.8. The summed E-state index contributed by atoms with van der Waals surface area (Å²) in [6.07, 6.45) is 0. The van der Waals surface area contributed by atoms with E-state index in [-0.39, 0.29) is 22.8 Å². The van der Waals surface area contributed by atoms with Gasteiger partial charge in [0.2, 0.25) is 0 Å². The third-order valence-electron chi connectivity index (χ3n) is 6.00. The lowest BCUT2D eigenvalue weighted by Gasteiger charge is -2.10. The van der Waals surface area contributed by atoms with E-state index in [1.165, 1.54) is 49.0 Å². The molecule has 0 saturated heterocycles. The molecule has 0 fully saturated rings. The smallest absolute Gasteiger partial charge is 0.308 e. The van der Waals surface area contributed by atoms with Crippen LogP contribution in [-0.4, -0.2) is 22.0 Å². The number of carbonyl (C=O) groups is 2. The highest BCUT2D eigenvalue weighted by atomic mass is 32.2. The standard InChI is InChI=1S/C33H23FO5S2/c1-21(35)39-26-9-2-22(3-10-26)33(38)23-4-19-32(31(34)20-23)40-27-11-17-30(18-12-27)41(28-13-5-24(36)6-14-28)29-15-7-25(37)8-16-29/h2-20H,1H3,(H-,36,37)/p+1. The first-order valence-corrected chi connectivity index (χ1v) is 14.5. The van der Waals surface area contributed by atoms with Gasteiger partial charge < -0.3 is 14.9 Å². The van der Waals surface area contributed by atoms with Crippen LogP contribution in [0, 0.1) is 5.82 Å². The molecule has 0 spiro atoms. The minimum Gasteiger partial charge on any atom is -0.508 e. The van der Waals surface area contributed by atoms with Crippen LogP contribution >= 0.6 is 11.8 Å². The van der Waals surface area contributed by atoms with Crippen LogP contribution in [-0.2, 0) is 15.7 Å². The molecule has 41 heavy (non-hydrogen) atoms. The number of hydrogen-bond donors (Lipinski definition) is 2. The summed E-state index contributed by atoms with van der Waals surface area (Å²) in [5.74, 6) is -0.604. The van der Waals surface area contributed by atoms with Crippen molar-refractivity contribution in [3.8, 4) is 17.2 Å². The zero-order valence-electron chi connectivity index (χ0n) is 21.8. The Kier molecular flexibility index (Phi) is 8.42. The first kappa shape index (κ1) is 28.0. The van der Waals surface area contributed by atoms with Crippen LogP contribution in [0.4, 0.5) is 4.39 Å². The number of phenols is 2. The minimum atomic E-state index is -0.505. The average molecular weight is 584 g/mol. The van der Waals surface area contributed by atoms with E-state index in [0.29, 0.717) is 16.2 Å². The Balaban J connectivity index is 1.34. The van der Waals surface area contributed by atoms with Crippen molar-refractivity contribution < 1.29 is 28.9 Å². The third kappa shape index (κ3) is 6.80. The van der Waals surface area contributed by atoms with Gasteiger partial charge in [0, 0.05) is 27.8 Å². The van der Waals surface area contributed by atoms with Crippen molar-refractivity contribution >= 4 is 34.4 Å². The molecule has 5 aromatic rings. The lowest BCUT2D eigenvalue weighted by Crippen LogP contribution is -2.04. The molecule has 0 aromatic heterocycles. The summed E-state index contributed by atoms with van der Waals surface area (Å²) in [4.78, 5) is 28.2. The van der Waals surface area contributed by atoms with Gasteiger partial charge in [-0.25, -0.2) is 4.39 Å². The Morgan fingerprint density at radius 3 is 1.66 bits per heavy atom. The fourth-order valence-corrected chi connectivity index (χ4v) is 6.94. The molecule has 0 atom stereocenters. The molecule has 8 heteroatoms. The summed E-state index contributed by atoms with van der Waals surface area (Å²) in [6, 6.07) is 32.4. The molecule has 0 unspecified atom stereocenters. The van der Waals surface area contributed by atoms with Gasteiger partial charge in [-0.15, -0.1) is 0 Å². The summed E-state index contributed by atoms with van der Waals surface area (Å²) in [6.45, 7) is 1.29. The van der Waals surface area contributed by atoms with Crippen LogP contribution in [0.3, 0.4) is 0 Å². The molecule has 0 bridgehead atoms. The van der Waals surface area contributed by atoms with Gasteiger partial charge in [0.25, 0.3) is 0 Å². The zero-order valence-corrected chi connectivity index (χ0v) is 23.4. The average Bonchev–Trinajstić information content (AvgIpc) is 2.97. The van der Waals surface area contributed by atoms with E-state index in [9.17, 15) is 19.8 Å². The Hall–Kier alpha value is -4.53. The lowest BCUT2D eigenvalue weighted by molar-refractivity contribution is -0.131. The topological polar surface area (TPSA) is 83.8 Å². The second-order valence-corrected chi connectivity index (χ2v) is 12.1. The lowest BCUT2D eigenvalue weighted by atomic mass is 10.0. The van der Waals surface area contributed by atoms with Gasteiger partial charge in [-0.3, -0.25) is 9.59 Å². The Morgan fingerprint density at radius 1 is 0.683 bits per heavy atom. The molecule has 5 nitrogen and oxygen atoms in total. The summed E-state index contributed by atoms with van der Waals surface area (Å²) >= 11 is 1.26. The predicted octanol–water partition coefficient (Wildman–Crippen LogP) is 7.64. The number of ether oxygens (including phenoxy) is 1. The van der Waals surface area contributed by atoms with Crippen molar-refractivity contribution in [2.75, 3.05) is 0 Å². The first-order valence-electron chi connectivity index (χ1n) is 12.5. The van der Waals surface area contributed by atoms with Crippen molar-refractivity contribution in [1.29, 1.82) is 0 Å². The van der Waals surface area contributed by atoms with Crippen molar-refractivity contribution in [3.63, 3.8) is 0 Å². The second-order valence-electron chi connectivity index (χ2n) is 8.96. The third-order valence-corrected chi connectivity index (χ3v) is 9.29. The van der Waals surface area contributed by atoms with Crippen molar-refractivity contribution in [3.05, 3.63) is 132 Å². The fourth-order valence-electron chi connectivity index (χ4n) is 4.08. The Morgan fingerprint density at radius 2 is 1.17 bits per heavy atom. The molecular weight excluding hydrogens is 559 g/mol. The fraction of sp³-hybridized carbons (Fsp3) is 0.0303. The van der Waals surface area contributed by atoms with E-state index in [0.717, 1.165) is 19.6 Å². The highest BCUT2D eigenvalue weighted by molar-refractivity contribution is 7.99. The number of aromatic hydroxyl groups is 2. The maximum atomic E-state index is 15.1. The van der Waals surface area contributed by atoms with E-state index in [1.807, 2.05) is 48.5 Å². The van der Waals surface area contributed by atoms with Crippen LogP contribution in [0.1, 0.15) is 22.8 Å². The molecule has 0 aliphatic carbocycles. The normalized spacial score (nSPS) is 10.9. The van der Waals surface area contributed by atoms with Crippen molar-refractivity contribution in [1.82, 2.24) is 0 Å². The molecule has 0 aliphatic rings. The van der Waals surface area contributed by atoms with Gasteiger partial charge in [-0.1, -0.05) is 11.8 Å². The van der Waals surface area contributed by atoms with Crippen LogP contribution in [0.25, 0.3) is 0 Å². The maximum Gasteiger partial charge on any atom is 0.308 e. The number of phenolic OH excluding ortho intramolecular Hbond substituents is 2. The Labute approximate surface area is 243 Å². The summed E-state index contributed by atoms with van der Waals surface area (Å²) in [5, 5.41) is 19.5. The van der Waals surface area contributed by atoms with E-state index in [2.05, 4.69) is 0 Å². The molecule has 0 amide bonds. The number of carbonyl (C=O) groups excluding carboxylic acids is 2. The van der Waals surface area contributed by atoms with E-state index in [4.69, 9.17) is 4.74 Å². The van der Waals surface area contributed by atoms with Crippen LogP contribution in [0.15, 0.2) is 140 Å². The molecule has 5 aromatic carbocycles. The summed E-state index contributed by atoms with van der Waals surface area (Å²) in [7, 11) is -0.489. The number of hydrogen-bond acceptors (Lipinski definition) is 6. The predicted molar refractivity (Wildman–Crippen MR) is 157 cm³/mol. The van der Waals surface area contributed by atoms with Crippen LogP contribution in [0.5, 0.6) is 17.2 Å². The highest BCUT2D eigenvalue weighted by Crippen LogP contribution is 2.36. The van der Waals surface area contributed by atoms with Gasteiger partial charge >= 0.3 is 5.97 Å². The molecule has 5 rings (SSSR count). The van der Waals surface area contributed by atoms with Gasteiger partial charge in [-0.05, 0) is 115 Å². The number of rotatable bonds is 8. The monoisotopic (exact) mass is 583 g/mol. The van der Waals surface area contributed by atoms with Crippen molar-refractivity contribution in [2.45, 2.75) is 31.4 Å². The van der Waals surface area contributed by atoms with Gasteiger partial charge in [-0.2, -0.15) is 0 Å². The molecule has 2 N–H and O–H groups in total. The van der Waals surface area contributed by atoms with Gasteiger partial charge in [0.05, 0.1) is 10.9 Å². The van der Waals surface area contributed by atoms with E-state index in [1.54, 1.807) is 36.4 Å². The second kappa shape index (κ2) is 12.3. The number of benzene rings is 5. The number of ketones is 1. The zero-order chi connectivity index (χ0) is 28.9. The highest BCUT2D eigenvalue weighted by Gasteiger charge is 2.29. The molecule has 0 aliphatic heterocycles. The minimum absolute atomic E-state index is 0.182. The summed E-state index contributed by atoms with van der Waals surface area (Å²) in [5.41, 5.74) is 0.572. The summed E-state index contributed by atoms with van der Waals surface area (Å²) < 4.78 is 20.1.